The summed E-state index contributed by atoms with van der Waals surface area (Å²) >= 11 is 12.4. The zero-order valence-electron chi connectivity index (χ0n) is 20.5. The number of nitrogens with one attached hydrogen (secondary N) is 2. The van der Waals surface area contributed by atoms with E-state index in [-0.39, 0.29) is 28.7 Å². The number of aliphatic hydroxyl groups is 2. The van der Waals surface area contributed by atoms with Crippen LogP contribution in [0.25, 0.3) is 0 Å². The van der Waals surface area contributed by atoms with Gasteiger partial charge in [-0.05, 0) is 76.2 Å². The monoisotopic (exact) mass is 542 g/mol. The topological polar surface area (TPSA) is 71.0 Å². The van der Waals surface area contributed by atoms with Crippen LogP contribution in [0.3, 0.4) is 0 Å². The minimum absolute atomic E-state index is 0.0119. The molecule has 4 rings (SSSR count). The predicted octanol–water partition coefficient (Wildman–Crippen LogP) is 3.81. The first-order valence-electron chi connectivity index (χ1n) is 12.3. The van der Waals surface area contributed by atoms with Crippen molar-refractivity contribution in [3.8, 4) is 0 Å². The van der Waals surface area contributed by atoms with Crippen molar-refractivity contribution in [2.24, 2.45) is 0 Å². The lowest BCUT2D eigenvalue weighted by Gasteiger charge is -2.51. The third-order valence-electron chi connectivity index (χ3n) is 7.19. The average molecular weight is 543 g/mol. The minimum atomic E-state index is -1.30. The normalized spacial score (nSPS) is 22.0. The summed E-state index contributed by atoms with van der Waals surface area (Å²) in [7, 11) is 0. The Balaban J connectivity index is 1.86. The molecular weight excluding hydrogens is 509 g/mol. The van der Waals surface area contributed by atoms with Gasteiger partial charge in [0.15, 0.2) is 0 Å². The molecule has 36 heavy (non-hydrogen) atoms. The third-order valence-corrected chi connectivity index (χ3v) is 7.77. The number of anilines is 2. The molecule has 6 nitrogen and oxygen atoms in total. The van der Waals surface area contributed by atoms with Crippen LogP contribution in [-0.4, -0.2) is 72.8 Å². The molecular formula is C26H34Cl2F2N4O2. The lowest BCUT2D eigenvalue weighted by atomic mass is 9.86. The fourth-order valence-electron chi connectivity index (χ4n) is 5.65. The van der Waals surface area contributed by atoms with E-state index in [1.165, 1.54) is 12.1 Å². The number of halogens is 4. The van der Waals surface area contributed by atoms with Gasteiger partial charge in [0.05, 0.1) is 34.3 Å². The largest absolute Gasteiger partial charge is 0.394 e. The summed E-state index contributed by atoms with van der Waals surface area (Å²) in [5, 5.41) is 29.2. The van der Waals surface area contributed by atoms with Crippen LogP contribution < -0.4 is 20.4 Å². The maximum atomic E-state index is 14.1. The smallest absolute Gasteiger partial charge is 0.141 e. The first-order valence-corrected chi connectivity index (χ1v) is 13.1. The Labute approximate surface area is 221 Å². The van der Waals surface area contributed by atoms with E-state index in [1.54, 1.807) is 38.1 Å². The molecule has 198 valence electrons. The van der Waals surface area contributed by atoms with Crippen LogP contribution in [0, 0.1) is 11.6 Å². The maximum absolute atomic E-state index is 14.1. The van der Waals surface area contributed by atoms with Gasteiger partial charge in [0, 0.05) is 36.5 Å². The fourth-order valence-corrected chi connectivity index (χ4v) is 6.00. The molecule has 0 spiro atoms. The van der Waals surface area contributed by atoms with E-state index in [9.17, 15) is 19.0 Å². The molecule has 0 saturated carbocycles. The van der Waals surface area contributed by atoms with Crippen molar-refractivity contribution in [1.82, 2.24) is 10.6 Å². The second-order valence-electron chi connectivity index (χ2n) is 10.2. The Kier molecular flexibility index (Phi) is 8.64. The summed E-state index contributed by atoms with van der Waals surface area (Å²) in [4.78, 5) is 4.11. The summed E-state index contributed by atoms with van der Waals surface area (Å²) in [6.45, 7) is 6.05. The van der Waals surface area contributed by atoms with Gasteiger partial charge in [-0.15, -0.1) is 0 Å². The van der Waals surface area contributed by atoms with Crippen molar-refractivity contribution in [1.29, 1.82) is 0 Å². The molecule has 0 radical (unpaired) electrons. The maximum Gasteiger partial charge on any atom is 0.141 e. The highest BCUT2D eigenvalue weighted by atomic mass is 35.5. The first kappa shape index (κ1) is 27.4. The summed E-state index contributed by atoms with van der Waals surface area (Å²) < 4.78 is 28.2. The second kappa shape index (κ2) is 11.4. The van der Waals surface area contributed by atoms with Gasteiger partial charge in [0.2, 0.25) is 0 Å². The Morgan fingerprint density at radius 1 is 0.917 bits per heavy atom. The van der Waals surface area contributed by atoms with Crippen LogP contribution >= 0.6 is 23.2 Å². The molecule has 2 saturated heterocycles. The zero-order chi connectivity index (χ0) is 26.0. The van der Waals surface area contributed by atoms with Crippen LogP contribution in [0.4, 0.5) is 20.2 Å². The molecule has 2 aliphatic rings. The SMILES string of the molecule is CC(C)(O)C(C(CO)N(c1ccc(F)c(Cl)c1)C1CCNC1)N(c1ccc(F)c(Cl)c1)C1CCNC1. The number of hydrogen-bond acceptors (Lipinski definition) is 6. The molecule has 2 fully saturated rings. The van der Waals surface area contributed by atoms with Crippen LogP contribution in [0.5, 0.6) is 0 Å². The predicted molar refractivity (Wildman–Crippen MR) is 141 cm³/mol. The quantitative estimate of drug-likeness (QED) is 0.386. The van der Waals surface area contributed by atoms with Crippen molar-refractivity contribution >= 4 is 34.6 Å². The molecule has 4 N–H and O–H groups in total. The second-order valence-corrected chi connectivity index (χ2v) is 11.0. The van der Waals surface area contributed by atoms with Gasteiger partial charge in [-0.3, -0.25) is 0 Å². The standard InChI is InChI=1S/C26H34Cl2F2N4O2/c1-26(2,36)25(34(19-8-10-32-14-19)17-4-6-23(30)21(28)12-17)24(15-35)33(18-7-9-31-13-18)16-3-5-22(29)20(27)11-16/h3-6,11-12,18-19,24-25,31-32,35-36H,7-10,13-15H2,1-2H3. The number of hydrogen-bond donors (Lipinski definition) is 4. The molecule has 4 unspecified atom stereocenters. The van der Waals surface area contributed by atoms with Crippen LogP contribution in [-0.2, 0) is 0 Å². The molecule has 0 bridgehead atoms. The van der Waals surface area contributed by atoms with Crippen molar-refractivity contribution in [3.63, 3.8) is 0 Å². The van der Waals surface area contributed by atoms with Crippen molar-refractivity contribution in [3.05, 3.63) is 58.1 Å². The van der Waals surface area contributed by atoms with E-state index in [4.69, 9.17) is 23.2 Å². The lowest BCUT2D eigenvalue weighted by molar-refractivity contribution is 0.0258. The number of aliphatic hydroxyl groups excluding tert-OH is 1. The van der Waals surface area contributed by atoms with Crippen LogP contribution in [0.15, 0.2) is 36.4 Å². The number of benzene rings is 2. The van der Waals surface area contributed by atoms with E-state index in [1.807, 2.05) is 0 Å². The minimum Gasteiger partial charge on any atom is -0.394 e. The van der Waals surface area contributed by atoms with Gasteiger partial charge < -0.3 is 30.6 Å². The molecule has 2 aromatic carbocycles. The van der Waals surface area contributed by atoms with Gasteiger partial charge in [0.1, 0.15) is 11.6 Å². The highest BCUT2D eigenvalue weighted by Gasteiger charge is 2.46. The first-order chi connectivity index (χ1) is 17.1. The average Bonchev–Trinajstić information content (AvgIpc) is 3.54. The molecule has 10 heteroatoms. The van der Waals surface area contributed by atoms with Crippen molar-refractivity contribution < 1.29 is 19.0 Å². The molecule has 0 aliphatic carbocycles. The van der Waals surface area contributed by atoms with E-state index in [0.717, 1.165) is 25.9 Å². The zero-order valence-corrected chi connectivity index (χ0v) is 22.0. The highest BCUT2D eigenvalue weighted by molar-refractivity contribution is 6.31. The molecule has 2 heterocycles. The van der Waals surface area contributed by atoms with Crippen molar-refractivity contribution in [2.45, 2.75) is 56.5 Å². The molecule has 0 aromatic heterocycles. The Bertz CT molecular complexity index is 1040. The summed E-state index contributed by atoms with van der Waals surface area (Å²) in [5.41, 5.74) is 0.0117. The van der Waals surface area contributed by atoms with Gasteiger partial charge in [-0.1, -0.05) is 23.2 Å². The highest BCUT2D eigenvalue weighted by Crippen LogP contribution is 2.37. The van der Waals surface area contributed by atoms with Crippen LogP contribution in [0.2, 0.25) is 10.0 Å². The van der Waals surface area contributed by atoms with E-state index in [2.05, 4.69) is 20.4 Å². The van der Waals surface area contributed by atoms with E-state index < -0.39 is 29.3 Å². The Morgan fingerprint density at radius 2 is 1.39 bits per heavy atom. The summed E-state index contributed by atoms with van der Waals surface area (Å²) in [6, 6.07) is 7.78. The summed E-state index contributed by atoms with van der Waals surface area (Å²) in [6.07, 6.45) is 1.60. The van der Waals surface area contributed by atoms with E-state index >= 15 is 0 Å². The van der Waals surface area contributed by atoms with Crippen molar-refractivity contribution in [2.75, 3.05) is 42.6 Å². The van der Waals surface area contributed by atoms with Gasteiger partial charge in [-0.2, -0.15) is 0 Å². The molecule has 4 atom stereocenters. The number of nitrogens with zero attached hydrogens (tertiary/aromatic N) is 2. The fraction of sp³-hybridized carbons (Fsp3) is 0.538. The van der Waals surface area contributed by atoms with Gasteiger partial charge in [-0.25, -0.2) is 8.78 Å². The van der Waals surface area contributed by atoms with Crippen LogP contribution in [0.1, 0.15) is 26.7 Å². The summed E-state index contributed by atoms with van der Waals surface area (Å²) in [5.74, 6) is -1.05. The number of rotatable bonds is 9. The van der Waals surface area contributed by atoms with Gasteiger partial charge >= 0.3 is 0 Å². The Morgan fingerprint density at radius 3 is 1.78 bits per heavy atom. The van der Waals surface area contributed by atoms with E-state index in [0.29, 0.717) is 24.5 Å². The molecule has 2 aromatic rings. The lowest BCUT2D eigenvalue weighted by Crippen LogP contribution is -2.66. The molecule has 0 amide bonds. The Hall–Kier alpha value is -1.68. The molecule has 2 aliphatic heterocycles. The van der Waals surface area contributed by atoms with Gasteiger partial charge in [0.25, 0.3) is 0 Å². The third kappa shape index (κ3) is 5.74.